The second-order valence-corrected chi connectivity index (χ2v) is 9.02. The van der Waals surface area contributed by atoms with Gasteiger partial charge in [0.2, 0.25) is 0 Å². The van der Waals surface area contributed by atoms with E-state index < -0.39 is 21.6 Å². The van der Waals surface area contributed by atoms with Gasteiger partial charge >= 0.3 is 5.97 Å². The van der Waals surface area contributed by atoms with E-state index in [1.54, 1.807) is 12.1 Å². The van der Waals surface area contributed by atoms with Crippen LogP contribution in [0.2, 0.25) is 0 Å². The van der Waals surface area contributed by atoms with E-state index in [4.69, 9.17) is 9.84 Å². The number of benzene rings is 2. The molecule has 0 bridgehead atoms. The molecule has 146 valence electrons. The van der Waals surface area contributed by atoms with Gasteiger partial charge in [0.05, 0.1) is 15.5 Å². The number of aryl methyl sites for hydroxylation is 1. The van der Waals surface area contributed by atoms with Gasteiger partial charge in [0.1, 0.15) is 23.2 Å². The van der Waals surface area contributed by atoms with Crippen LogP contribution in [0.1, 0.15) is 10.6 Å². The Morgan fingerprint density at radius 3 is 2.57 bits per heavy atom. The average Bonchev–Trinajstić information content (AvgIpc) is 3.00. The Morgan fingerprint density at radius 1 is 1.21 bits per heavy atom. The normalized spacial score (nSPS) is 11.4. The highest BCUT2D eigenvalue weighted by Gasteiger charge is 2.18. The number of thiazole rings is 1. The van der Waals surface area contributed by atoms with Crippen molar-refractivity contribution in [3.8, 4) is 16.3 Å². The number of nitrogens with zero attached hydrogens (tertiary/aromatic N) is 1. The van der Waals surface area contributed by atoms with Gasteiger partial charge < -0.3 is 9.84 Å². The van der Waals surface area contributed by atoms with Gasteiger partial charge in [-0.05, 0) is 43.3 Å². The predicted octanol–water partition coefficient (Wildman–Crippen LogP) is 3.69. The second kappa shape index (κ2) is 8.07. The van der Waals surface area contributed by atoms with E-state index in [1.807, 2.05) is 6.92 Å². The molecular weight excluding hydrogens is 405 g/mol. The minimum Gasteiger partial charge on any atom is -0.488 e. The van der Waals surface area contributed by atoms with Crippen molar-refractivity contribution in [3.63, 3.8) is 0 Å². The minimum absolute atomic E-state index is 0.0791. The van der Waals surface area contributed by atoms with Crippen LogP contribution in [-0.4, -0.2) is 30.2 Å². The quantitative estimate of drug-likeness (QED) is 0.625. The predicted molar refractivity (Wildman–Crippen MR) is 103 cm³/mol. The standard InChI is InChI=1S/C19H16FNO5S2/c1-12-17(27-19(21-12)13-3-2-4-14(20)9-13)10-26-15-5-7-16(8-6-15)28(24,25)11-18(22)23/h2-9H,10-11H2,1H3,(H,22,23). The fraction of sp³-hybridized carbons (Fsp3) is 0.158. The maximum atomic E-state index is 13.4. The summed E-state index contributed by atoms with van der Waals surface area (Å²) < 4.78 is 42.8. The first-order chi connectivity index (χ1) is 13.2. The Labute approximate surface area is 165 Å². The molecule has 0 fully saturated rings. The summed E-state index contributed by atoms with van der Waals surface area (Å²) >= 11 is 1.39. The number of carboxylic acids is 1. The number of hydrogen-bond acceptors (Lipinski definition) is 6. The summed E-state index contributed by atoms with van der Waals surface area (Å²) in [7, 11) is -3.87. The van der Waals surface area contributed by atoms with Crippen molar-refractivity contribution in [3.05, 3.63) is 64.9 Å². The third kappa shape index (κ3) is 4.73. The first-order valence-corrected chi connectivity index (χ1v) is 10.6. The first-order valence-electron chi connectivity index (χ1n) is 8.14. The van der Waals surface area contributed by atoms with Gasteiger partial charge in [-0.1, -0.05) is 12.1 Å². The molecule has 0 spiro atoms. The molecule has 1 N–H and O–H groups in total. The van der Waals surface area contributed by atoms with Gasteiger partial charge in [0.15, 0.2) is 15.6 Å². The van der Waals surface area contributed by atoms with Crippen molar-refractivity contribution in [2.24, 2.45) is 0 Å². The van der Waals surface area contributed by atoms with Crippen molar-refractivity contribution in [2.75, 3.05) is 5.75 Å². The number of rotatable bonds is 7. The third-order valence-electron chi connectivity index (χ3n) is 3.83. The molecule has 0 unspecified atom stereocenters. The SMILES string of the molecule is Cc1nc(-c2cccc(F)c2)sc1COc1ccc(S(=O)(=O)CC(=O)O)cc1. The number of ether oxygens (including phenoxy) is 1. The van der Waals surface area contributed by atoms with Crippen LogP contribution in [0.25, 0.3) is 10.6 Å². The van der Waals surface area contributed by atoms with E-state index in [1.165, 1.54) is 47.7 Å². The van der Waals surface area contributed by atoms with E-state index in [0.29, 0.717) is 16.3 Å². The van der Waals surface area contributed by atoms with Crippen LogP contribution >= 0.6 is 11.3 Å². The summed E-state index contributed by atoms with van der Waals surface area (Å²) in [5.74, 6) is -2.26. The van der Waals surface area contributed by atoms with E-state index in [9.17, 15) is 17.6 Å². The molecule has 1 aromatic heterocycles. The van der Waals surface area contributed by atoms with E-state index in [0.717, 1.165) is 10.6 Å². The van der Waals surface area contributed by atoms with Crippen LogP contribution in [-0.2, 0) is 21.2 Å². The highest BCUT2D eigenvalue weighted by Crippen LogP contribution is 2.29. The van der Waals surface area contributed by atoms with Crippen LogP contribution < -0.4 is 4.74 Å². The maximum absolute atomic E-state index is 13.4. The zero-order chi connectivity index (χ0) is 20.3. The van der Waals surface area contributed by atoms with Gasteiger partial charge in [-0.25, -0.2) is 17.8 Å². The highest BCUT2D eigenvalue weighted by atomic mass is 32.2. The zero-order valence-corrected chi connectivity index (χ0v) is 16.4. The van der Waals surface area contributed by atoms with Crippen LogP contribution in [0, 0.1) is 12.7 Å². The number of carboxylic acid groups (broad SMARTS) is 1. The lowest BCUT2D eigenvalue weighted by molar-refractivity contribution is -0.134. The van der Waals surface area contributed by atoms with Crippen LogP contribution in [0.15, 0.2) is 53.4 Å². The van der Waals surface area contributed by atoms with E-state index in [2.05, 4.69) is 4.98 Å². The van der Waals surface area contributed by atoms with E-state index in [-0.39, 0.29) is 17.3 Å². The number of hydrogen-bond donors (Lipinski definition) is 1. The number of sulfone groups is 1. The molecule has 3 rings (SSSR count). The zero-order valence-electron chi connectivity index (χ0n) is 14.8. The largest absolute Gasteiger partial charge is 0.488 e. The average molecular weight is 421 g/mol. The summed E-state index contributed by atoms with van der Waals surface area (Å²) in [5.41, 5.74) is 1.46. The molecule has 0 saturated heterocycles. The number of aromatic nitrogens is 1. The lowest BCUT2D eigenvalue weighted by atomic mass is 10.2. The van der Waals surface area contributed by atoms with Gasteiger partial charge in [-0.3, -0.25) is 4.79 Å². The molecule has 0 aliphatic carbocycles. The fourth-order valence-corrected chi connectivity index (χ4v) is 4.46. The van der Waals surface area contributed by atoms with Gasteiger partial charge in [0, 0.05) is 5.56 Å². The second-order valence-electron chi connectivity index (χ2n) is 5.95. The molecule has 28 heavy (non-hydrogen) atoms. The summed E-state index contributed by atoms with van der Waals surface area (Å²) in [6.45, 7) is 2.06. The number of carbonyl (C=O) groups is 1. The van der Waals surface area contributed by atoms with Crippen molar-refractivity contribution in [1.29, 1.82) is 0 Å². The fourth-order valence-electron chi connectivity index (χ4n) is 2.44. The molecule has 0 saturated carbocycles. The Hall–Kier alpha value is -2.78. The lowest BCUT2D eigenvalue weighted by Crippen LogP contribution is -2.15. The molecule has 0 radical (unpaired) electrons. The Morgan fingerprint density at radius 2 is 1.93 bits per heavy atom. The topological polar surface area (TPSA) is 93.6 Å². The maximum Gasteiger partial charge on any atom is 0.319 e. The van der Waals surface area contributed by atoms with Gasteiger partial charge in [-0.2, -0.15) is 0 Å². The molecule has 0 aliphatic heterocycles. The van der Waals surface area contributed by atoms with Gasteiger partial charge in [-0.15, -0.1) is 11.3 Å². The van der Waals surface area contributed by atoms with Crippen molar-refractivity contribution >= 4 is 27.1 Å². The number of aliphatic carboxylic acids is 1. The minimum atomic E-state index is -3.87. The first kappa shape index (κ1) is 20.0. The highest BCUT2D eigenvalue weighted by molar-refractivity contribution is 7.92. The molecule has 9 heteroatoms. The van der Waals surface area contributed by atoms with E-state index >= 15 is 0 Å². The molecule has 1 heterocycles. The Kier molecular flexibility index (Phi) is 5.76. The smallest absolute Gasteiger partial charge is 0.319 e. The lowest BCUT2D eigenvalue weighted by Gasteiger charge is -2.06. The number of halogens is 1. The van der Waals surface area contributed by atoms with Crippen molar-refractivity contribution in [1.82, 2.24) is 4.98 Å². The van der Waals surface area contributed by atoms with Crippen molar-refractivity contribution in [2.45, 2.75) is 18.4 Å². The summed E-state index contributed by atoms with van der Waals surface area (Å²) in [5, 5.41) is 9.36. The Bertz CT molecular complexity index is 1110. The summed E-state index contributed by atoms with van der Waals surface area (Å²) in [6.07, 6.45) is 0. The molecule has 0 atom stereocenters. The summed E-state index contributed by atoms with van der Waals surface area (Å²) in [6, 6.07) is 11.8. The Balaban J connectivity index is 1.70. The third-order valence-corrected chi connectivity index (χ3v) is 6.63. The molecular formula is C19H16FNO5S2. The van der Waals surface area contributed by atoms with Crippen LogP contribution in [0.5, 0.6) is 5.75 Å². The molecule has 2 aromatic carbocycles. The monoisotopic (exact) mass is 421 g/mol. The van der Waals surface area contributed by atoms with Crippen molar-refractivity contribution < 1.29 is 27.4 Å². The molecule has 0 amide bonds. The molecule has 3 aromatic rings. The van der Waals surface area contributed by atoms with Gasteiger partial charge in [0.25, 0.3) is 0 Å². The molecule has 6 nitrogen and oxygen atoms in total. The van der Waals surface area contributed by atoms with Crippen LogP contribution in [0.4, 0.5) is 4.39 Å². The molecule has 0 aliphatic rings. The summed E-state index contributed by atoms with van der Waals surface area (Å²) in [4.78, 5) is 15.9. The van der Waals surface area contributed by atoms with Crippen LogP contribution in [0.3, 0.4) is 0 Å².